The van der Waals surface area contributed by atoms with Gasteiger partial charge in [0, 0.05) is 12.1 Å². The molecular weight excluding hydrogens is 362 g/mol. The number of amides is 2. The van der Waals surface area contributed by atoms with E-state index in [1.165, 1.54) is 10.5 Å². The minimum absolute atomic E-state index is 0.124. The van der Waals surface area contributed by atoms with E-state index in [0.717, 1.165) is 30.2 Å². The number of hydrogen-bond donors (Lipinski definition) is 1. The van der Waals surface area contributed by atoms with Gasteiger partial charge >= 0.3 is 11.8 Å². The van der Waals surface area contributed by atoms with E-state index in [-0.39, 0.29) is 11.6 Å². The van der Waals surface area contributed by atoms with Crippen molar-refractivity contribution in [3.8, 4) is 0 Å². The summed E-state index contributed by atoms with van der Waals surface area (Å²) in [4.78, 5) is 26.8. The van der Waals surface area contributed by atoms with Crippen molar-refractivity contribution in [1.82, 2.24) is 10.2 Å². The fraction of sp³-hybridized carbons (Fsp3) is 0.364. The van der Waals surface area contributed by atoms with Gasteiger partial charge in [0.25, 0.3) is 0 Å². The molecule has 0 bridgehead atoms. The second kappa shape index (κ2) is 7.34. The molecule has 1 heterocycles. The van der Waals surface area contributed by atoms with Crippen molar-refractivity contribution >= 4 is 11.8 Å². The van der Waals surface area contributed by atoms with Gasteiger partial charge in [-0.3, -0.25) is 9.59 Å². The minimum atomic E-state index is -0.697. The van der Waals surface area contributed by atoms with Crippen LogP contribution in [0.15, 0.2) is 42.5 Å². The number of benzene rings is 2. The lowest BCUT2D eigenvalue weighted by atomic mass is 10.0. The topological polar surface area (TPSA) is 49.4 Å². The van der Waals surface area contributed by atoms with Crippen LogP contribution < -0.4 is 5.32 Å². The molecule has 0 radical (unpaired) electrons. The van der Waals surface area contributed by atoms with Crippen LogP contribution in [-0.4, -0.2) is 23.3 Å². The number of likely N-dealkylation sites (tertiary alicyclic amines) is 1. The van der Waals surface area contributed by atoms with Crippen LogP contribution in [0.3, 0.4) is 0 Å². The Bertz CT molecular complexity index is 931. The Balaban J connectivity index is 1.51. The summed E-state index contributed by atoms with van der Waals surface area (Å²) in [5.41, 5.74) is 2.34. The van der Waals surface area contributed by atoms with Crippen molar-refractivity contribution in [1.29, 1.82) is 0 Å². The normalized spacial score (nSPS) is 23.5. The molecule has 4 rings (SSSR count). The zero-order valence-corrected chi connectivity index (χ0v) is 15.6. The highest BCUT2D eigenvalue weighted by Crippen LogP contribution is 2.40. The highest BCUT2D eigenvalue weighted by atomic mass is 19.1. The quantitative estimate of drug-likeness (QED) is 0.796. The molecule has 1 N–H and O–H groups in total. The van der Waals surface area contributed by atoms with Crippen molar-refractivity contribution in [2.75, 3.05) is 6.54 Å². The van der Waals surface area contributed by atoms with Crippen molar-refractivity contribution in [2.45, 2.75) is 44.2 Å². The number of carbonyl (C=O) groups excluding carboxylic acids is 2. The first-order valence-corrected chi connectivity index (χ1v) is 9.61. The summed E-state index contributed by atoms with van der Waals surface area (Å²) < 4.78 is 27.8. The molecule has 1 aliphatic heterocycles. The fourth-order valence-electron chi connectivity index (χ4n) is 4.47. The molecule has 0 aromatic heterocycles. The third kappa shape index (κ3) is 3.28. The first kappa shape index (κ1) is 18.6. The van der Waals surface area contributed by atoms with Gasteiger partial charge in [-0.15, -0.1) is 0 Å². The lowest BCUT2D eigenvalue weighted by Crippen LogP contribution is -2.43. The number of nitrogens with one attached hydrogen (secondary N) is 1. The highest BCUT2D eigenvalue weighted by molar-refractivity contribution is 6.35. The van der Waals surface area contributed by atoms with Gasteiger partial charge in [-0.25, -0.2) is 8.78 Å². The summed E-state index contributed by atoms with van der Waals surface area (Å²) in [6.07, 6.45) is 1.88. The van der Waals surface area contributed by atoms with Gasteiger partial charge in [0.05, 0.1) is 12.1 Å². The fourth-order valence-corrected chi connectivity index (χ4v) is 4.47. The minimum Gasteiger partial charge on any atom is -0.341 e. The summed E-state index contributed by atoms with van der Waals surface area (Å²) in [5.74, 6) is -2.21. The Labute approximate surface area is 162 Å². The van der Waals surface area contributed by atoms with Crippen molar-refractivity contribution in [3.63, 3.8) is 0 Å². The molecule has 3 atom stereocenters. The molecular formula is C22H22F2N2O2. The number of halogens is 2. The Morgan fingerprint density at radius 3 is 2.61 bits per heavy atom. The number of hydrogen-bond acceptors (Lipinski definition) is 2. The molecule has 1 aliphatic carbocycles. The smallest absolute Gasteiger partial charge is 0.312 e. The van der Waals surface area contributed by atoms with Crippen LogP contribution in [0, 0.1) is 11.6 Å². The van der Waals surface area contributed by atoms with Crippen LogP contribution in [0.2, 0.25) is 0 Å². The maximum absolute atomic E-state index is 14.2. The molecule has 1 fully saturated rings. The first-order chi connectivity index (χ1) is 13.5. The summed E-state index contributed by atoms with van der Waals surface area (Å²) in [6, 6.07) is 10.3. The molecule has 6 heteroatoms. The number of rotatable bonds is 2. The van der Waals surface area contributed by atoms with Crippen molar-refractivity contribution in [3.05, 3.63) is 70.8 Å². The maximum Gasteiger partial charge on any atom is 0.312 e. The van der Waals surface area contributed by atoms with Gasteiger partial charge in [-0.05, 0) is 54.5 Å². The lowest BCUT2D eigenvalue weighted by Gasteiger charge is -2.25. The Hall–Kier alpha value is -2.76. The van der Waals surface area contributed by atoms with Gasteiger partial charge in [0.1, 0.15) is 11.6 Å². The molecule has 1 saturated heterocycles. The van der Waals surface area contributed by atoms with E-state index in [4.69, 9.17) is 0 Å². The van der Waals surface area contributed by atoms with E-state index in [2.05, 4.69) is 12.2 Å². The predicted octanol–water partition coefficient (Wildman–Crippen LogP) is 3.99. The van der Waals surface area contributed by atoms with Crippen LogP contribution in [0.4, 0.5) is 8.78 Å². The lowest BCUT2D eigenvalue weighted by molar-refractivity contribution is -0.147. The molecule has 28 heavy (non-hydrogen) atoms. The third-order valence-corrected chi connectivity index (χ3v) is 5.82. The SMILES string of the molecule is CC1CC(NC(=O)C(=O)N2CCCC2c2cc(F)ccc2F)c2ccccc21. The average Bonchev–Trinajstić information content (AvgIpc) is 3.29. The van der Waals surface area contributed by atoms with Crippen LogP contribution in [0.1, 0.15) is 60.9 Å². The molecule has 2 aliphatic rings. The molecule has 0 spiro atoms. The summed E-state index contributed by atoms with van der Waals surface area (Å²) in [7, 11) is 0. The van der Waals surface area contributed by atoms with E-state index in [1.807, 2.05) is 24.3 Å². The summed E-state index contributed by atoms with van der Waals surface area (Å²) in [5, 5.41) is 2.84. The van der Waals surface area contributed by atoms with Crippen LogP contribution >= 0.6 is 0 Å². The molecule has 2 aromatic carbocycles. The van der Waals surface area contributed by atoms with Crippen LogP contribution in [0.5, 0.6) is 0 Å². The van der Waals surface area contributed by atoms with E-state index in [9.17, 15) is 18.4 Å². The average molecular weight is 384 g/mol. The number of fused-ring (bicyclic) bond motifs is 1. The standard InChI is InChI=1S/C22H22F2N2O2/c1-13-11-19(16-6-3-2-5-15(13)16)25-21(27)22(28)26-10-4-7-20(26)17-12-14(23)8-9-18(17)24/h2-3,5-6,8-9,12-13,19-20H,4,7,10-11H2,1H3,(H,25,27). The molecule has 4 nitrogen and oxygen atoms in total. The van der Waals surface area contributed by atoms with Gasteiger partial charge in [-0.1, -0.05) is 31.2 Å². The Morgan fingerprint density at radius 1 is 1.07 bits per heavy atom. The molecule has 2 amide bonds. The van der Waals surface area contributed by atoms with Gasteiger partial charge in [0.2, 0.25) is 0 Å². The summed E-state index contributed by atoms with van der Waals surface area (Å²) in [6.45, 7) is 2.45. The molecule has 0 saturated carbocycles. The number of nitrogens with zero attached hydrogens (tertiary/aromatic N) is 1. The Morgan fingerprint density at radius 2 is 1.82 bits per heavy atom. The molecule has 146 valence electrons. The largest absolute Gasteiger partial charge is 0.341 e. The summed E-state index contributed by atoms with van der Waals surface area (Å²) >= 11 is 0. The highest BCUT2D eigenvalue weighted by Gasteiger charge is 2.37. The zero-order chi connectivity index (χ0) is 19.8. The molecule has 3 unspecified atom stereocenters. The molecule has 2 aromatic rings. The van der Waals surface area contributed by atoms with Gasteiger partial charge < -0.3 is 10.2 Å². The van der Waals surface area contributed by atoms with Crippen molar-refractivity contribution < 1.29 is 18.4 Å². The van der Waals surface area contributed by atoms with Crippen LogP contribution in [0.25, 0.3) is 0 Å². The second-order valence-electron chi connectivity index (χ2n) is 7.61. The van der Waals surface area contributed by atoms with Crippen molar-refractivity contribution in [2.24, 2.45) is 0 Å². The van der Waals surface area contributed by atoms with E-state index in [0.29, 0.717) is 25.3 Å². The van der Waals surface area contributed by atoms with Gasteiger partial charge in [-0.2, -0.15) is 0 Å². The van der Waals surface area contributed by atoms with E-state index < -0.39 is 29.5 Å². The third-order valence-electron chi connectivity index (χ3n) is 5.82. The van der Waals surface area contributed by atoms with Gasteiger partial charge in [0.15, 0.2) is 0 Å². The zero-order valence-electron chi connectivity index (χ0n) is 15.6. The predicted molar refractivity (Wildman–Crippen MR) is 100 cm³/mol. The van der Waals surface area contributed by atoms with E-state index >= 15 is 0 Å². The monoisotopic (exact) mass is 384 g/mol. The van der Waals surface area contributed by atoms with E-state index in [1.54, 1.807) is 0 Å². The Kier molecular flexibility index (Phi) is 4.87. The van der Waals surface area contributed by atoms with Crippen LogP contribution in [-0.2, 0) is 9.59 Å². The second-order valence-corrected chi connectivity index (χ2v) is 7.61. The maximum atomic E-state index is 14.2. The first-order valence-electron chi connectivity index (χ1n) is 9.61. The number of carbonyl (C=O) groups is 2.